The number of likely N-dealkylation sites (tertiary alicyclic amines) is 2. The fourth-order valence-electron chi connectivity index (χ4n) is 6.60. The summed E-state index contributed by atoms with van der Waals surface area (Å²) in [6.45, 7) is 5.29. The second-order valence-electron chi connectivity index (χ2n) is 9.94. The van der Waals surface area contributed by atoms with Crippen molar-refractivity contribution in [3.8, 4) is 0 Å². The van der Waals surface area contributed by atoms with Gasteiger partial charge in [-0.3, -0.25) is 19.5 Å². The molecular formula is C24H34N4O3. The maximum atomic E-state index is 13.8. The first-order valence-corrected chi connectivity index (χ1v) is 11.9. The van der Waals surface area contributed by atoms with E-state index in [0.717, 1.165) is 63.1 Å². The maximum absolute atomic E-state index is 13.8. The summed E-state index contributed by atoms with van der Waals surface area (Å²) in [5.41, 5.74) is 2.09. The first-order chi connectivity index (χ1) is 15.0. The normalized spacial score (nSPS) is 33.5. The smallest absolute Gasteiger partial charge is 0.246 e. The SMILES string of the molecule is Cc1cccc(CN2C[C@H]3C[C@@H](C2)[C@H](C(=O)N2CCC[C@H]2CO)N2C(=O)CCC[C@@H]32)n1. The van der Waals surface area contributed by atoms with Crippen molar-refractivity contribution < 1.29 is 14.7 Å². The highest BCUT2D eigenvalue weighted by molar-refractivity contribution is 5.89. The zero-order valence-corrected chi connectivity index (χ0v) is 18.4. The van der Waals surface area contributed by atoms with Crippen LogP contribution in [0.15, 0.2) is 18.2 Å². The lowest BCUT2D eigenvalue weighted by molar-refractivity contribution is -0.166. The molecule has 5 rings (SSSR count). The van der Waals surface area contributed by atoms with E-state index >= 15 is 0 Å². The lowest BCUT2D eigenvalue weighted by Crippen LogP contribution is -2.68. The number of nitrogens with zero attached hydrogens (tertiary/aromatic N) is 4. The molecule has 4 aliphatic rings. The highest BCUT2D eigenvalue weighted by atomic mass is 16.3. The first-order valence-electron chi connectivity index (χ1n) is 11.9. The van der Waals surface area contributed by atoms with Crippen LogP contribution in [0.5, 0.6) is 0 Å². The van der Waals surface area contributed by atoms with E-state index in [0.29, 0.717) is 18.9 Å². The Labute approximate surface area is 184 Å². The molecule has 1 aromatic rings. The van der Waals surface area contributed by atoms with E-state index in [1.807, 2.05) is 22.8 Å². The molecule has 0 aromatic carbocycles. The third-order valence-corrected chi connectivity index (χ3v) is 7.87. The second-order valence-corrected chi connectivity index (χ2v) is 9.94. The molecule has 5 atom stereocenters. The fourth-order valence-corrected chi connectivity index (χ4v) is 6.60. The average molecular weight is 427 g/mol. The number of carbonyl (C=O) groups excluding carboxylic acids is 2. The molecule has 7 nitrogen and oxygen atoms in total. The molecule has 2 bridgehead atoms. The monoisotopic (exact) mass is 426 g/mol. The van der Waals surface area contributed by atoms with E-state index in [9.17, 15) is 14.7 Å². The van der Waals surface area contributed by atoms with E-state index in [-0.39, 0.29) is 42.5 Å². The van der Waals surface area contributed by atoms with E-state index in [2.05, 4.69) is 22.0 Å². The molecule has 0 radical (unpaired) electrons. The van der Waals surface area contributed by atoms with Crippen LogP contribution in [-0.4, -0.2) is 81.0 Å². The minimum absolute atomic E-state index is 0.00821. The predicted octanol–water partition coefficient (Wildman–Crippen LogP) is 1.57. The minimum Gasteiger partial charge on any atom is -0.394 e. The number of aliphatic hydroxyl groups is 1. The van der Waals surface area contributed by atoms with Crippen molar-refractivity contribution in [3.63, 3.8) is 0 Å². The summed E-state index contributed by atoms with van der Waals surface area (Å²) in [7, 11) is 0. The molecule has 31 heavy (non-hydrogen) atoms. The van der Waals surface area contributed by atoms with Crippen molar-refractivity contribution >= 4 is 11.8 Å². The number of aryl methyl sites for hydroxylation is 1. The summed E-state index contributed by atoms with van der Waals surface area (Å²) >= 11 is 0. The van der Waals surface area contributed by atoms with Gasteiger partial charge >= 0.3 is 0 Å². The van der Waals surface area contributed by atoms with Crippen LogP contribution in [0.25, 0.3) is 0 Å². The van der Waals surface area contributed by atoms with Gasteiger partial charge in [0, 0.05) is 50.3 Å². The van der Waals surface area contributed by atoms with Crippen LogP contribution in [0, 0.1) is 18.8 Å². The number of amides is 2. The zero-order valence-electron chi connectivity index (χ0n) is 18.4. The van der Waals surface area contributed by atoms with Gasteiger partial charge in [0.2, 0.25) is 11.8 Å². The van der Waals surface area contributed by atoms with Crippen LogP contribution in [-0.2, 0) is 16.1 Å². The maximum Gasteiger partial charge on any atom is 0.246 e. The average Bonchev–Trinajstić information content (AvgIpc) is 3.23. The molecule has 0 saturated carbocycles. The molecule has 5 heterocycles. The topological polar surface area (TPSA) is 77.0 Å². The minimum atomic E-state index is -0.380. The number of pyridine rings is 1. The largest absolute Gasteiger partial charge is 0.394 e. The van der Waals surface area contributed by atoms with Crippen molar-refractivity contribution in [2.75, 3.05) is 26.2 Å². The first kappa shape index (κ1) is 20.9. The van der Waals surface area contributed by atoms with Gasteiger partial charge in [-0.15, -0.1) is 0 Å². The van der Waals surface area contributed by atoms with E-state index in [4.69, 9.17) is 0 Å². The summed E-state index contributed by atoms with van der Waals surface area (Å²) in [5, 5.41) is 9.78. The molecule has 4 fully saturated rings. The zero-order chi connectivity index (χ0) is 21.5. The Hall–Kier alpha value is -1.99. The van der Waals surface area contributed by atoms with Gasteiger partial charge < -0.3 is 14.9 Å². The highest BCUT2D eigenvalue weighted by Crippen LogP contribution is 2.43. The highest BCUT2D eigenvalue weighted by Gasteiger charge is 2.53. The number of rotatable bonds is 4. The molecule has 2 amide bonds. The summed E-state index contributed by atoms with van der Waals surface area (Å²) in [6.07, 6.45) is 5.27. The molecular weight excluding hydrogens is 392 g/mol. The van der Waals surface area contributed by atoms with Crippen molar-refractivity contribution in [1.29, 1.82) is 0 Å². The van der Waals surface area contributed by atoms with E-state index in [1.165, 1.54) is 0 Å². The molecule has 168 valence electrons. The Kier molecular flexibility index (Phi) is 5.73. The summed E-state index contributed by atoms with van der Waals surface area (Å²) in [5.74, 6) is 0.784. The molecule has 4 aliphatic heterocycles. The standard InChI is InChI=1S/C24H34N4O3/c1-16-5-2-6-19(25-16)14-26-12-17-11-18(13-26)23(28-21(17)8-3-9-22(28)30)24(31)27-10-4-7-20(27)15-29/h2,5-6,17-18,20-21,23,29H,3-4,7-15H2,1H3/t17-,18+,20+,21+,23-/m1/s1. The summed E-state index contributed by atoms with van der Waals surface area (Å²) in [4.78, 5) is 37.8. The van der Waals surface area contributed by atoms with Crippen LogP contribution in [0.1, 0.15) is 49.9 Å². The number of piperidine rings is 3. The lowest BCUT2D eigenvalue weighted by atomic mass is 9.71. The Morgan fingerprint density at radius 2 is 2.03 bits per heavy atom. The lowest BCUT2D eigenvalue weighted by Gasteiger charge is -2.56. The van der Waals surface area contributed by atoms with Crippen molar-refractivity contribution in [1.82, 2.24) is 19.7 Å². The van der Waals surface area contributed by atoms with Crippen LogP contribution in [0.4, 0.5) is 0 Å². The number of aromatic nitrogens is 1. The van der Waals surface area contributed by atoms with Gasteiger partial charge in [0.1, 0.15) is 6.04 Å². The van der Waals surface area contributed by atoms with Crippen LogP contribution in [0.3, 0.4) is 0 Å². The fraction of sp³-hybridized carbons (Fsp3) is 0.708. The Balaban J connectivity index is 1.42. The molecule has 7 heteroatoms. The number of fused-ring (bicyclic) bond motifs is 4. The van der Waals surface area contributed by atoms with E-state index in [1.54, 1.807) is 0 Å². The quantitative estimate of drug-likeness (QED) is 0.791. The Morgan fingerprint density at radius 3 is 2.84 bits per heavy atom. The van der Waals surface area contributed by atoms with Gasteiger partial charge in [-0.25, -0.2) is 0 Å². The van der Waals surface area contributed by atoms with Crippen LogP contribution in [0.2, 0.25) is 0 Å². The predicted molar refractivity (Wildman–Crippen MR) is 116 cm³/mol. The Bertz CT molecular complexity index is 846. The van der Waals surface area contributed by atoms with Gasteiger partial charge in [0.05, 0.1) is 18.3 Å². The second kappa shape index (κ2) is 8.51. The molecule has 1 aromatic heterocycles. The van der Waals surface area contributed by atoms with Gasteiger partial charge in [-0.05, 0) is 57.1 Å². The number of hydrogen-bond acceptors (Lipinski definition) is 5. The summed E-state index contributed by atoms with van der Waals surface area (Å²) < 4.78 is 0. The van der Waals surface area contributed by atoms with Gasteiger partial charge in [0.15, 0.2) is 0 Å². The number of hydrogen-bond donors (Lipinski definition) is 1. The van der Waals surface area contributed by atoms with Crippen molar-refractivity contribution in [2.24, 2.45) is 11.8 Å². The van der Waals surface area contributed by atoms with Crippen molar-refractivity contribution in [3.05, 3.63) is 29.6 Å². The van der Waals surface area contributed by atoms with Gasteiger partial charge in [-0.1, -0.05) is 6.07 Å². The molecule has 0 spiro atoms. The molecule has 4 saturated heterocycles. The third-order valence-electron chi connectivity index (χ3n) is 7.87. The van der Waals surface area contributed by atoms with Crippen LogP contribution >= 0.6 is 0 Å². The van der Waals surface area contributed by atoms with Crippen LogP contribution < -0.4 is 0 Å². The Morgan fingerprint density at radius 1 is 1.19 bits per heavy atom. The molecule has 1 N–H and O–H groups in total. The molecule has 0 aliphatic carbocycles. The number of carbonyl (C=O) groups is 2. The summed E-state index contributed by atoms with van der Waals surface area (Å²) in [6, 6.07) is 5.83. The van der Waals surface area contributed by atoms with Gasteiger partial charge in [-0.2, -0.15) is 0 Å². The van der Waals surface area contributed by atoms with Gasteiger partial charge in [0.25, 0.3) is 0 Å². The van der Waals surface area contributed by atoms with Crippen molar-refractivity contribution in [2.45, 2.75) is 70.1 Å². The third kappa shape index (κ3) is 3.87. The molecule has 0 unspecified atom stereocenters. The number of aliphatic hydroxyl groups excluding tert-OH is 1. The van der Waals surface area contributed by atoms with E-state index < -0.39 is 0 Å².